The molecule has 1 atom stereocenters. The van der Waals surface area contributed by atoms with Crippen LogP contribution in [0.25, 0.3) is 17.2 Å². The zero-order valence-corrected chi connectivity index (χ0v) is 14.0. The molecule has 2 aromatic carbocycles. The van der Waals surface area contributed by atoms with Crippen LogP contribution in [0.4, 0.5) is 0 Å². The van der Waals surface area contributed by atoms with Gasteiger partial charge in [0, 0.05) is 18.2 Å². The molecule has 2 heterocycles. The van der Waals surface area contributed by atoms with Gasteiger partial charge in [-0.05, 0) is 17.9 Å². The maximum atomic E-state index is 12.7. The number of nitrogens with zero attached hydrogens (tertiary/aromatic N) is 4. The molecule has 0 N–H and O–H groups in total. The Morgan fingerprint density at radius 3 is 2.38 bits per heavy atom. The predicted octanol–water partition coefficient (Wildman–Crippen LogP) is 3.70. The molecule has 2 aromatic heterocycles. The number of benzene rings is 2. The standard InChI is InChI=1S/C21H16N4O/c26-19-12-16(14-7-3-1-4-8-14)11-18-17(19)13-25-21(22-18)23-20(24-25)15-9-5-2-6-10-15/h1-10,13,16H,11-12H2/t16-/m0/s1. The van der Waals surface area contributed by atoms with Gasteiger partial charge >= 0.3 is 0 Å². The van der Waals surface area contributed by atoms with Crippen LogP contribution in [0.5, 0.6) is 0 Å². The van der Waals surface area contributed by atoms with E-state index in [4.69, 9.17) is 0 Å². The SMILES string of the molecule is O=C1C[C@@H](c2ccccc2)Cc2nc3nc(-c4ccccc4)nn3cc21. The molecule has 126 valence electrons. The van der Waals surface area contributed by atoms with Gasteiger partial charge in [-0.25, -0.2) is 9.50 Å². The van der Waals surface area contributed by atoms with Crippen molar-refractivity contribution in [2.24, 2.45) is 0 Å². The summed E-state index contributed by atoms with van der Waals surface area (Å²) in [6, 6.07) is 20.0. The monoisotopic (exact) mass is 340 g/mol. The van der Waals surface area contributed by atoms with Gasteiger partial charge in [0.15, 0.2) is 11.6 Å². The molecular formula is C21H16N4O. The van der Waals surface area contributed by atoms with Crippen molar-refractivity contribution in [2.75, 3.05) is 0 Å². The van der Waals surface area contributed by atoms with E-state index in [9.17, 15) is 4.79 Å². The van der Waals surface area contributed by atoms with E-state index < -0.39 is 0 Å². The van der Waals surface area contributed by atoms with Crippen LogP contribution in [-0.2, 0) is 6.42 Å². The van der Waals surface area contributed by atoms with Gasteiger partial charge in [-0.2, -0.15) is 4.98 Å². The average Bonchev–Trinajstić information content (AvgIpc) is 3.11. The molecule has 0 spiro atoms. The van der Waals surface area contributed by atoms with E-state index in [0.29, 0.717) is 23.6 Å². The van der Waals surface area contributed by atoms with Crippen LogP contribution < -0.4 is 0 Å². The van der Waals surface area contributed by atoms with E-state index in [0.717, 1.165) is 17.7 Å². The minimum absolute atomic E-state index is 0.117. The molecule has 5 nitrogen and oxygen atoms in total. The highest BCUT2D eigenvalue weighted by molar-refractivity contribution is 5.98. The Morgan fingerprint density at radius 1 is 0.885 bits per heavy atom. The second-order valence-corrected chi connectivity index (χ2v) is 6.59. The maximum Gasteiger partial charge on any atom is 0.252 e. The summed E-state index contributed by atoms with van der Waals surface area (Å²) in [5, 5.41) is 4.49. The summed E-state index contributed by atoms with van der Waals surface area (Å²) in [5.74, 6) is 1.44. The largest absolute Gasteiger partial charge is 0.294 e. The molecule has 0 fully saturated rings. The molecule has 26 heavy (non-hydrogen) atoms. The molecule has 0 aliphatic heterocycles. The fourth-order valence-electron chi connectivity index (χ4n) is 3.55. The van der Waals surface area contributed by atoms with E-state index in [1.807, 2.05) is 48.5 Å². The van der Waals surface area contributed by atoms with Gasteiger partial charge in [0.1, 0.15) is 0 Å². The highest BCUT2D eigenvalue weighted by Crippen LogP contribution is 2.32. The lowest BCUT2D eigenvalue weighted by molar-refractivity contribution is 0.0962. The molecule has 0 saturated heterocycles. The van der Waals surface area contributed by atoms with Crippen LogP contribution in [-0.4, -0.2) is 25.4 Å². The summed E-state index contributed by atoms with van der Waals surface area (Å²) in [5.41, 5.74) is 3.59. The van der Waals surface area contributed by atoms with Gasteiger partial charge in [0.2, 0.25) is 0 Å². The van der Waals surface area contributed by atoms with Crippen LogP contribution in [0.1, 0.15) is 34.0 Å². The van der Waals surface area contributed by atoms with Crippen molar-refractivity contribution in [2.45, 2.75) is 18.8 Å². The van der Waals surface area contributed by atoms with Crippen molar-refractivity contribution >= 4 is 11.6 Å². The molecule has 5 heteroatoms. The summed E-state index contributed by atoms with van der Waals surface area (Å²) >= 11 is 0. The van der Waals surface area contributed by atoms with Crippen molar-refractivity contribution in [3.8, 4) is 11.4 Å². The molecule has 0 radical (unpaired) electrons. The minimum atomic E-state index is 0.117. The quantitative estimate of drug-likeness (QED) is 0.558. The molecular weight excluding hydrogens is 324 g/mol. The summed E-state index contributed by atoms with van der Waals surface area (Å²) in [6.07, 6.45) is 3.03. The molecule has 4 aromatic rings. The van der Waals surface area contributed by atoms with Gasteiger partial charge in [0.25, 0.3) is 5.78 Å². The Labute approximate surface area is 150 Å². The van der Waals surface area contributed by atoms with Crippen molar-refractivity contribution < 1.29 is 4.79 Å². The lowest BCUT2D eigenvalue weighted by Crippen LogP contribution is -2.21. The zero-order valence-electron chi connectivity index (χ0n) is 14.0. The highest BCUT2D eigenvalue weighted by atomic mass is 16.1. The number of fused-ring (bicyclic) bond motifs is 2. The first-order chi connectivity index (χ1) is 12.8. The third-order valence-corrected chi connectivity index (χ3v) is 4.89. The third-order valence-electron chi connectivity index (χ3n) is 4.89. The Morgan fingerprint density at radius 2 is 1.62 bits per heavy atom. The fourth-order valence-corrected chi connectivity index (χ4v) is 3.55. The molecule has 5 rings (SSSR count). The maximum absolute atomic E-state index is 12.7. The first kappa shape index (κ1) is 15.0. The smallest absolute Gasteiger partial charge is 0.252 e. The second kappa shape index (κ2) is 5.88. The minimum Gasteiger partial charge on any atom is -0.294 e. The number of carbonyl (C=O) groups excluding carboxylic acids is 1. The first-order valence-corrected chi connectivity index (χ1v) is 8.68. The first-order valence-electron chi connectivity index (χ1n) is 8.68. The Hall–Kier alpha value is -3.34. The lowest BCUT2D eigenvalue weighted by Gasteiger charge is -2.22. The van der Waals surface area contributed by atoms with Crippen molar-refractivity contribution in [3.05, 3.63) is 83.7 Å². The van der Waals surface area contributed by atoms with Gasteiger partial charge in [-0.1, -0.05) is 60.7 Å². The highest BCUT2D eigenvalue weighted by Gasteiger charge is 2.28. The van der Waals surface area contributed by atoms with Crippen LogP contribution in [0.15, 0.2) is 66.9 Å². The van der Waals surface area contributed by atoms with Gasteiger partial charge < -0.3 is 0 Å². The van der Waals surface area contributed by atoms with Crippen molar-refractivity contribution in [1.82, 2.24) is 19.6 Å². The Balaban J connectivity index is 1.57. The predicted molar refractivity (Wildman–Crippen MR) is 98.1 cm³/mol. The summed E-state index contributed by atoms with van der Waals surface area (Å²) in [6.45, 7) is 0. The summed E-state index contributed by atoms with van der Waals surface area (Å²) in [7, 11) is 0. The number of ketones is 1. The zero-order chi connectivity index (χ0) is 17.5. The number of carbonyl (C=O) groups is 1. The Kier molecular flexibility index (Phi) is 3.38. The second-order valence-electron chi connectivity index (χ2n) is 6.59. The van der Waals surface area contributed by atoms with E-state index in [1.165, 1.54) is 5.56 Å². The summed E-state index contributed by atoms with van der Waals surface area (Å²) in [4.78, 5) is 21.9. The molecule has 0 saturated carbocycles. The number of rotatable bonds is 2. The molecule has 0 unspecified atom stereocenters. The van der Waals surface area contributed by atoms with E-state index in [1.54, 1.807) is 10.7 Å². The molecule has 0 bridgehead atoms. The number of aromatic nitrogens is 4. The number of hydrogen-bond donors (Lipinski definition) is 0. The van der Waals surface area contributed by atoms with E-state index in [2.05, 4.69) is 27.2 Å². The molecule has 1 aliphatic carbocycles. The fraction of sp³-hybridized carbons (Fsp3) is 0.143. The third kappa shape index (κ3) is 2.49. The van der Waals surface area contributed by atoms with Crippen LogP contribution in [0, 0.1) is 0 Å². The van der Waals surface area contributed by atoms with E-state index in [-0.39, 0.29) is 11.7 Å². The van der Waals surface area contributed by atoms with E-state index >= 15 is 0 Å². The normalized spacial score (nSPS) is 16.6. The number of Topliss-reactive ketones (excluding diaryl/α,β-unsaturated/α-hetero) is 1. The van der Waals surface area contributed by atoms with Crippen molar-refractivity contribution in [3.63, 3.8) is 0 Å². The molecule has 0 amide bonds. The van der Waals surface area contributed by atoms with Gasteiger partial charge in [-0.3, -0.25) is 4.79 Å². The summed E-state index contributed by atoms with van der Waals surface area (Å²) < 4.78 is 1.61. The van der Waals surface area contributed by atoms with Crippen molar-refractivity contribution in [1.29, 1.82) is 0 Å². The van der Waals surface area contributed by atoms with Crippen LogP contribution in [0.2, 0.25) is 0 Å². The van der Waals surface area contributed by atoms with Crippen LogP contribution >= 0.6 is 0 Å². The van der Waals surface area contributed by atoms with Gasteiger partial charge in [0.05, 0.1) is 11.3 Å². The lowest BCUT2D eigenvalue weighted by atomic mass is 9.82. The average molecular weight is 340 g/mol. The number of hydrogen-bond acceptors (Lipinski definition) is 4. The Bertz CT molecular complexity index is 1100. The van der Waals surface area contributed by atoms with Crippen LogP contribution in [0.3, 0.4) is 0 Å². The topological polar surface area (TPSA) is 60.2 Å². The molecule has 1 aliphatic rings. The van der Waals surface area contributed by atoms with Gasteiger partial charge in [-0.15, -0.1) is 5.10 Å².